The van der Waals surface area contributed by atoms with Gasteiger partial charge in [0.25, 0.3) is 0 Å². The van der Waals surface area contributed by atoms with Crippen molar-refractivity contribution in [3.8, 4) is 0 Å². The van der Waals surface area contributed by atoms with Gasteiger partial charge in [0.2, 0.25) is 15.9 Å². The summed E-state index contributed by atoms with van der Waals surface area (Å²) >= 11 is 0. The summed E-state index contributed by atoms with van der Waals surface area (Å²) < 4.78 is 27.2. The first-order valence-electron chi connectivity index (χ1n) is 7.90. The summed E-state index contributed by atoms with van der Waals surface area (Å²) in [5.41, 5.74) is 1.66. The number of piperidine rings is 1. The number of benzene rings is 1. The molecular weight excluding hydrogens is 300 g/mol. The highest BCUT2D eigenvalue weighted by atomic mass is 32.2. The van der Waals surface area contributed by atoms with E-state index in [1.54, 1.807) is 22.5 Å². The number of rotatable bonds is 2. The second-order valence-electron chi connectivity index (χ2n) is 6.33. The van der Waals surface area contributed by atoms with Gasteiger partial charge in [-0.05, 0) is 55.4 Å². The topological polar surface area (TPSA) is 66.5 Å². The van der Waals surface area contributed by atoms with Crippen LogP contribution in [0.1, 0.15) is 38.2 Å². The lowest BCUT2D eigenvalue weighted by atomic mass is 10.0. The molecule has 0 aliphatic carbocycles. The maximum Gasteiger partial charge on any atom is 0.243 e. The Morgan fingerprint density at radius 1 is 1.23 bits per heavy atom. The van der Waals surface area contributed by atoms with E-state index >= 15 is 0 Å². The van der Waals surface area contributed by atoms with E-state index in [9.17, 15) is 13.2 Å². The van der Waals surface area contributed by atoms with Crippen LogP contribution >= 0.6 is 0 Å². The smallest absolute Gasteiger partial charge is 0.243 e. The molecular formula is C16H22N2O3S. The number of aryl methyl sites for hydroxylation is 1. The summed E-state index contributed by atoms with van der Waals surface area (Å²) in [6.07, 6.45) is 3.97. The number of hydrogen-bond donors (Lipinski definition) is 1. The number of anilines is 1. The van der Waals surface area contributed by atoms with Crippen molar-refractivity contribution in [2.75, 3.05) is 18.4 Å². The molecule has 1 N–H and O–H groups in total. The molecule has 0 saturated carbocycles. The Morgan fingerprint density at radius 3 is 2.82 bits per heavy atom. The standard InChI is InChI=1S/C16H22N2O3S/c1-12-4-3-9-18(11-12)22(20,21)14-7-8-15-13(10-14)5-2-6-16(19)17-15/h7-8,10,12H,2-6,9,11H2,1H3,(H,17,19)/t12-/m1/s1. The average Bonchev–Trinajstić information content (AvgIpc) is 2.67. The molecule has 2 heterocycles. The van der Waals surface area contributed by atoms with Crippen LogP contribution in [0.25, 0.3) is 0 Å². The van der Waals surface area contributed by atoms with Crippen LogP contribution in [-0.4, -0.2) is 31.7 Å². The van der Waals surface area contributed by atoms with Crippen LogP contribution in [-0.2, 0) is 21.2 Å². The van der Waals surface area contributed by atoms with Gasteiger partial charge in [0.1, 0.15) is 0 Å². The molecule has 1 fully saturated rings. The second kappa shape index (κ2) is 6.01. The van der Waals surface area contributed by atoms with Gasteiger partial charge in [0, 0.05) is 25.2 Å². The van der Waals surface area contributed by atoms with Crippen LogP contribution in [0.3, 0.4) is 0 Å². The zero-order valence-electron chi connectivity index (χ0n) is 12.8. The molecule has 1 saturated heterocycles. The Balaban J connectivity index is 1.91. The van der Waals surface area contributed by atoms with Gasteiger partial charge in [0.15, 0.2) is 0 Å². The molecule has 0 aromatic heterocycles. The van der Waals surface area contributed by atoms with E-state index in [2.05, 4.69) is 12.2 Å². The molecule has 1 amide bonds. The molecule has 1 aromatic rings. The molecule has 22 heavy (non-hydrogen) atoms. The molecule has 2 aliphatic rings. The SMILES string of the molecule is C[C@@H]1CCCN(S(=O)(=O)c2ccc3c(c2)CCCC(=O)N3)C1. The Labute approximate surface area is 131 Å². The monoisotopic (exact) mass is 322 g/mol. The van der Waals surface area contributed by atoms with Crippen molar-refractivity contribution < 1.29 is 13.2 Å². The minimum absolute atomic E-state index is 0.000729. The summed E-state index contributed by atoms with van der Waals surface area (Å²) in [6, 6.07) is 5.06. The van der Waals surface area contributed by atoms with Crippen LogP contribution in [0.5, 0.6) is 0 Å². The minimum atomic E-state index is -3.43. The maximum absolute atomic E-state index is 12.8. The fraction of sp³-hybridized carbons (Fsp3) is 0.562. The number of sulfonamides is 1. The van der Waals surface area contributed by atoms with E-state index in [-0.39, 0.29) is 5.91 Å². The predicted octanol–water partition coefficient (Wildman–Crippen LogP) is 2.38. The second-order valence-corrected chi connectivity index (χ2v) is 8.27. The van der Waals surface area contributed by atoms with Gasteiger partial charge in [-0.25, -0.2) is 8.42 Å². The van der Waals surface area contributed by atoms with Gasteiger partial charge in [0.05, 0.1) is 4.90 Å². The normalized spacial score (nSPS) is 23.5. The van der Waals surface area contributed by atoms with Gasteiger partial charge >= 0.3 is 0 Å². The van der Waals surface area contributed by atoms with E-state index in [1.165, 1.54) is 0 Å². The highest BCUT2D eigenvalue weighted by molar-refractivity contribution is 7.89. The summed E-state index contributed by atoms with van der Waals surface area (Å²) in [5, 5.41) is 2.84. The van der Waals surface area contributed by atoms with Gasteiger partial charge in [-0.2, -0.15) is 4.31 Å². The molecule has 5 nitrogen and oxygen atoms in total. The van der Waals surface area contributed by atoms with Crippen molar-refractivity contribution in [2.45, 2.75) is 43.9 Å². The highest BCUT2D eigenvalue weighted by Gasteiger charge is 2.29. The maximum atomic E-state index is 12.8. The fourth-order valence-corrected chi connectivity index (χ4v) is 4.87. The highest BCUT2D eigenvalue weighted by Crippen LogP contribution is 2.28. The lowest BCUT2D eigenvalue weighted by Gasteiger charge is -2.30. The molecule has 2 aliphatic heterocycles. The van der Waals surface area contributed by atoms with Crippen LogP contribution in [0.15, 0.2) is 23.1 Å². The fourth-order valence-electron chi connectivity index (χ4n) is 3.23. The van der Waals surface area contributed by atoms with E-state index in [4.69, 9.17) is 0 Å². The van der Waals surface area contributed by atoms with Crippen LogP contribution < -0.4 is 5.32 Å². The Morgan fingerprint density at radius 2 is 2.05 bits per heavy atom. The molecule has 0 unspecified atom stereocenters. The van der Waals surface area contributed by atoms with Gasteiger partial charge in [-0.1, -0.05) is 6.92 Å². The third kappa shape index (κ3) is 3.03. The number of carbonyl (C=O) groups excluding carboxylic acids is 1. The third-order valence-corrected chi connectivity index (χ3v) is 6.32. The third-order valence-electron chi connectivity index (χ3n) is 4.46. The summed E-state index contributed by atoms with van der Waals surface area (Å²) in [6.45, 7) is 3.28. The van der Waals surface area contributed by atoms with Crippen molar-refractivity contribution in [2.24, 2.45) is 5.92 Å². The average molecular weight is 322 g/mol. The first-order valence-corrected chi connectivity index (χ1v) is 9.34. The lowest BCUT2D eigenvalue weighted by molar-refractivity contribution is -0.116. The molecule has 0 radical (unpaired) electrons. The van der Waals surface area contributed by atoms with E-state index in [0.29, 0.717) is 30.3 Å². The Kier molecular flexibility index (Phi) is 4.23. The van der Waals surface area contributed by atoms with E-state index < -0.39 is 10.0 Å². The largest absolute Gasteiger partial charge is 0.326 e. The number of carbonyl (C=O) groups is 1. The first-order chi connectivity index (χ1) is 10.5. The van der Waals surface area contributed by atoms with Crippen LogP contribution in [0.2, 0.25) is 0 Å². The summed E-state index contributed by atoms with van der Waals surface area (Å²) in [4.78, 5) is 11.9. The number of amides is 1. The number of nitrogens with zero attached hydrogens (tertiary/aromatic N) is 1. The summed E-state index contributed by atoms with van der Waals surface area (Å²) in [7, 11) is -3.43. The number of hydrogen-bond acceptors (Lipinski definition) is 3. The van der Waals surface area contributed by atoms with Crippen molar-refractivity contribution in [3.63, 3.8) is 0 Å². The molecule has 6 heteroatoms. The van der Waals surface area contributed by atoms with Gasteiger partial charge in [-0.3, -0.25) is 4.79 Å². The molecule has 1 aromatic carbocycles. The first kappa shape index (κ1) is 15.5. The Hall–Kier alpha value is -1.40. The molecule has 0 bridgehead atoms. The number of fused-ring (bicyclic) bond motifs is 1. The van der Waals surface area contributed by atoms with Gasteiger partial charge in [-0.15, -0.1) is 0 Å². The van der Waals surface area contributed by atoms with Crippen LogP contribution in [0, 0.1) is 5.92 Å². The Bertz CT molecular complexity index is 685. The summed E-state index contributed by atoms with van der Waals surface area (Å²) in [5.74, 6) is 0.405. The zero-order valence-corrected chi connectivity index (χ0v) is 13.7. The lowest BCUT2D eigenvalue weighted by Crippen LogP contribution is -2.39. The molecule has 1 atom stereocenters. The molecule has 3 rings (SSSR count). The van der Waals surface area contributed by atoms with Gasteiger partial charge < -0.3 is 5.32 Å². The van der Waals surface area contributed by atoms with Crippen molar-refractivity contribution in [3.05, 3.63) is 23.8 Å². The van der Waals surface area contributed by atoms with E-state index in [1.807, 2.05) is 0 Å². The zero-order chi connectivity index (χ0) is 15.7. The minimum Gasteiger partial charge on any atom is -0.326 e. The number of nitrogens with one attached hydrogen (secondary N) is 1. The quantitative estimate of drug-likeness (QED) is 0.909. The predicted molar refractivity (Wildman–Crippen MR) is 85.2 cm³/mol. The van der Waals surface area contributed by atoms with Crippen molar-refractivity contribution >= 4 is 21.6 Å². The van der Waals surface area contributed by atoms with Crippen LogP contribution in [0.4, 0.5) is 5.69 Å². The molecule has 0 spiro atoms. The molecule has 120 valence electrons. The van der Waals surface area contributed by atoms with Crippen molar-refractivity contribution in [1.29, 1.82) is 0 Å². The van der Waals surface area contributed by atoms with E-state index in [0.717, 1.165) is 36.9 Å². The van der Waals surface area contributed by atoms with Crippen molar-refractivity contribution in [1.82, 2.24) is 4.31 Å².